The molecule has 0 aliphatic heterocycles. The lowest BCUT2D eigenvalue weighted by Crippen LogP contribution is -2.01. The molecule has 0 aromatic heterocycles. The summed E-state index contributed by atoms with van der Waals surface area (Å²) in [6, 6.07) is 7.18. The molecule has 2 rings (SSSR count). The molecule has 0 radical (unpaired) electrons. The zero-order chi connectivity index (χ0) is 14.9. The molecule has 2 aromatic rings. The van der Waals surface area contributed by atoms with Gasteiger partial charge in [0.05, 0.1) is 20.8 Å². The minimum Gasteiger partial charge on any atom is -0.507 e. The zero-order valence-electron chi connectivity index (χ0n) is 11.1. The Bertz CT molecular complexity index is 633. The lowest BCUT2D eigenvalue weighted by Gasteiger charge is -2.12. The van der Waals surface area contributed by atoms with Gasteiger partial charge in [0.2, 0.25) is 0 Å². The van der Waals surface area contributed by atoms with E-state index in [4.69, 9.17) is 34.8 Å². The summed E-state index contributed by atoms with van der Waals surface area (Å²) in [5, 5.41) is 14.4. The molecule has 0 saturated carbocycles. The van der Waals surface area contributed by atoms with Crippen molar-refractivity contribution in [1.29, 1.82) is 0 Å². The summed E-state index contributed by atoms with van der Waals surface area (Å²) in [5.41, 5.74) is 3.48. The van der Waals surface area contributed by atoms with Gasteiger partial charge in [-0.2, -0.15) is 0 Å². The fourth-order valence-electron chi connectivity index (χ4n) is 2.00. The number of phenols is 1. The Morgan fingerprint density at radius 3 is 2.05 bits per heavy atom. The Morgan fingerprint density at radius 1 is 0.900 bits per heavy atom. The Morgan fingerprint density at radius 2 is 1.45 bits per heavy atom. The summed E-state index contributed by atoms with van der Waals surface area (Å²) in [5.74, 6) is 0.335. The first-order valence-electron chi connectivity index (χ1n) is 6.06. The molecule has 0 atom stereocenters. The van der Waals surface area contributed by atoms with Crippen LogP contribution in [0.5, 0.6) is 5.75 Å². The topological polar surface area (TPSA) is 32.3 Å². The highest BCUT2D eigenvalue weighted by molar-refractivity contribution is 6.44. The molecule has 2 aromatic carbocycles. The summed E-state index contributed by atoms with van der Waals surface area (Å²) in [6.07, 6.45) is 0. The average Bonchev–Trinajstić information content (AvgIpc) is 2.38. The van der Waals surface area contributed by atoms with Gasteiger partial charge in [-0.1, -0.05) is 46.9 Å². The third-order valence-corrected chi connectivity index (χ3v) is 4.08. The van der Waals surface area contributed by atoms with Gasteiger partial charge in [0.15, 0.2) is 0 Å². The number of hydrogen-bond donors (Lipinski definition) is 2. The second-order valence-corrected chi connectivity index (χ2v) is 5.90. The molecule has 0 saturated heterocycles. The van der Waals surface area contributed by atoms with Crippen LogP contribution in [0, 0.1) is 13.8 Å². The third-order valence-electron chi connectivity index (χ3n) is 3.04. The first-order chi connectivity index (χ1) is 9.38. The largest absolute Gasteiger partial charge is 0.507 e. The number of nitrogens with one attached hydrogen (secondary N) is 1. The smallest absolute Gasteiger partial charge is 0.121 e. The van der Waals surface area contributed by atoms with Gasteiger partial charge in [-0.25, -0.2) is 0 Å². The van der Waals surface area contributed by atoms with Crippen molar-refractivity contribution in [3.05, 3.63) is 56.0 Å². The molecule has 0 heterocycles. The van der Waals surface area contributed by atoms with E-state index in [9.17, 15) is 5.11 Å². The lowest BCUT2D eigenvalue weighted by atomic mass is 10.1. The van der Waals surface area contributed by atoms with Crippen LogP contribution in [0.25, 0.3) is 0 Å². The van der Waals surface area contributed by atoms with Crippen molar-refractivity contribution >= 4 is 40.5 Å². The van der Waals surface area contributed by atoms with E-state index in [1.165, 1.54) is 0 Å². The van der Waals surface area contributed by atoms with E-state index < -0.39 is 0 Å². The van der Waals surface area contributed by atoms with Gasteiger partial charge in [-0.3, -0.25) is 0 Å². The van der Waals surface area contributed by atoms with Gasteiger partial charge in [-0.15, -0.1) is 0 Å². The maximum absolute atomic E-state index is 9.75. The van der Waals surface area contributed by atoms with Crippen LogP contribution in [0.1, 0.15) is 16.7 Å². The number of anilines is 1. The van der Waals surface area contributed by atoms with Crippen molar-refractivity contribution in [2.75, 3.05) is 5.32 Å². The summed E-state index contributed by atoms with van der Waals surface area (Å²) in [7, 11) is 0. The van der Waals surface area contributed by atoms with Crippen LogP contribution in [-0.4, -0.2) is 5.11 Å². The number of aryl methyl sites for hydroxylation is 2. The Labute approximate surface area is 133 Å². The average molecular weight is 331 g/mol. The van der Waals surface area contributed by atoms with Crippen molar-refractivity contribution in [2.45, 2.75) is 20.4 Å². The van der Waals surface area contributed by atoms with Gasteiger partial charge in [0.25, 0.3) is 0 Å². The molecule has 0 bridgehead atoms. The van der Waals surface area contributed by atoms with E-state index in [-0.39, 0.29) is 0 Å². The van der Waals surface area contributed by atoms with Crippen molar-refractivity contribution in [1.82, 2.24) is 0 Å². The monoisotopic (exact) mass is 329 g/mol. The second kappa shape index (κ2) is 6.13. The summed E-state index contributed by atoms with van der Waals surface area (Å²) in [4.78, 5) is 0. The van der Waals surface area contributed by atoms with E-state index in [1.807, 2.05) is 26.0 Å². The summed E-state index contributed by atoms with van der Waals surface area (Å²) >= 11 is 18.0. The van der Waals surface area contributed by atoms with Gasteiger partial charge in [-0.05, 0) is 42.7 Å². The second-order valence-electron chi connectivity index (χ2n) is 4.68. The number of phenolic OH excluding ortho intramolecular Hbond substituents is 1. The molecule has 2 nitrogen and oxygen atoms in total. The molecule has 2 N–H and O–H groups in total. The SMILES string of the molecule is Cc1cc(CNc2cc(Cl)c(Cl)cc2Cl)cc(C)c1O. The van der Waals surface area contributed by atoms with E-state index in [0.717, 1.165) is 22.4 Å². The summed E-state index contributed by atoms with van der Waals surface area (Å²) < 4.78 is 0. The molecule has 0 unspecified atom stereocenters. The highest BCUT2D eigenvalue weighted by Crippen LogP contribution is 2.32. The number of aromatic hydroxyl groups is 1. The Kier molecular flexibility index (Phi) is 4.69. The predicted molar refractivity (Wildman–Crippen MR) is 86.4 cm³/mol. The highest BCUT2D eigenvalue weighted by atomic mass is 35.5. The number of benzene rings is 2. The molecule has 106 valence electrons. The van der Waals surface area contributed by atoms with Crippen LogP contribution < -0.4 is 5.32 Å². The van der Waals surface area contributed by atoms with Crippen LogP contribution in [0.2, 0.25) is 15.1 Å². The normalized spacial score (nSPS) is 10.7. The van der Waals surface area contributed by atoms with Crippen LogP contribution in [0.4, 0.5) is 5.69 Å². The molecule has 0 fully saturated rings. The quantitative estimate of drug-likeness (QED) is 0.720. The van der Waals surface area contributed by atoms with Gasteiger partial charge >= 0.3 is 0 Å². The minimum absolute atomic E-state index is 0.335. The maximum atomic E-state index is 9.75. The fourth-order valence-corrected chi connectivity index (χ4v) is 2.62. The first-order valence-corrected chi connectivity index (χ1v) is 7.19. The maximum Gasteiger partial charge on any atom is 0.121 e. The molecule has 0 amide bonds. The fraction of sp³-hybridized carbons (Fsp3) is 0.200. The Hall–Kier alpha value is -1.09. The molecular formula is C15H14Cl3NO. The predicted octanol–water partition coefficient (Wildman–Crippen LogP) is 5.58. The zero-order valence-corrected chi connectivity index (χ0v) is 13.4. The van der Waals surface area contributed by atoms with Crippen molar-refractivity contribution < 1.29 is 5.11 Å². The van der Waals surface area contributed by atoms with Gasteiger partial charge < -0.3 is 10.4 Å². The van der Waals surface area contributed by atoms with E-state index in [1.54, 1.807) is 12.1 Å². The first kappa shape index (κ1) is 15.3. The van der Waals surface area contributed by atoms with Gasteiger partial charge in [0.1, 0.15) is 5.75 Å². The molecule has 20 heavy (non-hydrogen) atoms. The van der Waals surface area contributed by atoms with Crippen molar-refractivity contribution in [3.8, 4) is 5.75 Å². The summed E-state index contributed by atoms with van der Waals surface area (Å²) in [6.45, 7) is 4.33. The van der Waals surface area contributed by atoms with Gasteiger partial charge in [0, 0.05) is 6.54 Å². The lowest BCUT2D eigenvalue weighted by molar-refractivity contribution is 0.466. The number of halogens is 3. The molecular weight excluding hydrogens is 317 g/mol. The molecule has 0 spiro atoms. The molecule has 0 aliphatic rings. The van der Waals surface area contributed by atoms with Crippen LogP contribution in [0.3, 0.4) is 0 Å². The van der Waals surface area contributed by atoms with Crippen molar-refractivity contribution in [3.63, 3.8) is 0 Å². The molecule has 5 heteroatoms. The molecule has 0 aliphatic carbocycles. The number of hydrogen-bond acceptors (Lipinski definition) is 2. The standard InChI is InChI=1S/C15H14Cl3NO/c1-8-3-10(4-9(2)15(8)20)7-19-14-6-12(17)11(16)5-13(14)18/h3-6,19-20H,7H2,1-2H3. The van der Waals surface area contributed by atoms with Crippen LogP contribution >= 0.6 is 34.8 Å². The number of rotatable bonds is 3. The Balaban J connectivity index is 2.19. The van der Waals surface area contributed by atoms with E-state index in [0.29, 0.717) is 27.4 Å². The van der Waals surface area contributed by atoms with Crippen LogP contribution in [0.15, 0.2) is 24.3 Å². The van der Waals surface area contributed by atoms with Crippen molar-refractivity contribution in [2.24, 2.45) is 0 Å². The van der Waals surface area contributed by atoms with E-state index in [2.05, 4.69) is 5.32 Å². The van der Waals surface area contributed by atoms with E-state index >= 15 is 0 Å². The third kappa shape index (κ3) is 3.32. The highest BCUT2D eigenvalue weighted by Gasteiger charge is 2.07. The minimum atomic E-state index is 0.335. The van der Waals surface area contributed by atoms with Crippen LogP contribution in [-0.2, 0) is 6.54 Å².